The average molecular weight is 277 g/mol. The summed E-state index contributed by atoms with van der Waals surface area (Å²) in [6, 6.07) is 5.26. The summed E-state index contributed by atoms with van der Waals surface area (Å²) in [6.07, 6.45) is 7.72. The van der Waals surface area contributed by atoms with E-state index in [0.717, 1.165) is 36.9 Å². The average Bonchev–Trinajstić information content (AvgIpc) is 2.44. The van der Waals surface area contributed by atoms with Crippen LogP contribution in [0.5, 0.6) is 0 Å². The van der Waals surface area contributed by atoms with Gasteiger partial charge in [-0.3, -0.25) is 0 Å². The highest BCUT2D eigenvalue weighted by molar-refractivity contribution is 5.27. The van der Waals surface area contributed by atoms with E-state index in [9.17, 15) is 4.39 Å². The second kappa shape index (κ2) is 7.78. The van der Waals surface area contributed by atoms with E-state index in [1.54, 1.807) is 12.1 Å². The van der Waals surface area contributed by atoms with Crippen LogP contribution in [0.4, 0.5) is 4.39 Å². The Balaban J connectivity index is 1.97. The van der Waals surface area contributed by atoms with Crippen LogP contribution in [0.15, 0.2) is 18.2 Å². The summed E-state index contributed by atoms with van der Waals surface area (Å²) in [7, 11) is 0. The maximum Gasteiger partial charge on any atom is 0.123 e. The summed E-state index contributed by atoms with van der Waals surface area (Å²) in [5.41, 5.74) is 2.44. The largest absolute Gasteiger partial charge is 0.316 e. The lowest BCUT2D eigenvalue weighted by Gasteiger charge is -2.32. The molecule has 1 aliphatic rings. The number of halogens is 1. The molecule has 1 saturated carbocycles. The summed E-state index contributed by atoms with van der Waals surface area (Å²) < 4.78 is 13.2. The van der Waals surface area contributed by atoms with Crippen LogP contribution in [-0.2, 0) is 6.42 Å². The fourth-order valence-corrected chi connectivity index (χ4v) is 3.46. The molecule has 2 heteroatoms. The van der Waals surface area contributed by atoms with Crippen molar-refractivity contribution in [2.45, 2.75) is 52.4 Å². The lowest BCUT2D eigenvalue weighted by Crippen LogP contribution is -2.32. The Kier molecular flexibility index (Phi) is 6.03. The quantitative estimate of drug-likeness (QED) is 0.756. The van der Waals surface area contributed by atoms with Gasteiger partial charge in [0.25, 0.3) is 0 Å². The fourth-order valence-electron chi connectivity index (χ4n) is 3.46. The van der Waals surface area contributed by atoms with Crippen molar-refractivity contribution < 1.29 is 4.39 Å². The van der Waals surface area contributed by atoms with Crippen LogP contribution in [0.2, 0.25) is 0 Å². The normalized spacial score (nSPS) is 22.9. The minimum atomic E-state index is -0.115. The molecule has 1 aromatic rings. The van der Waals surface area contributed by atoms with Gasteiger partial charge < -0.3 is 5.32 Å². The highest BCUT2D eigenvalue weighted by atomic mass is 19.1. The van der Waals surface area contributed by atoms with E-state index in [0.29, 0.717) is 0 Å². The molecule has 1 aliphatic carbocycles. The molecule has 1 fully saturated rings. The van der Waals surface area contributed by atoms with Crippen molar-refractivity contribution in [1.82, 2.24) is 5.32 Å². The molecule has 2 atom stereocenters. The molecule has 2 unspecified atom stereocenters. The second-order valence-electron chi connectivity index (χ2n) is 6.28. The predicted octanol–water partition coefficient (Wildman–Crippen LogP) is 4.48. The van der Waals surface area contributed by atoms with Gasteiger partial charge in [-0.2, -0.15) is 0 Å². The van der Waals surface area contributed by atoms with E-state index in [2.05, 4.69) is 12.2 Å². The molecule has 0 aromatic heterocycles. The molecule has 1 aromatic carbocycles. The summed E-state index contributed by atoms with van der Waals surface area (Å²) >= 11 is 0. The summed E-state index contributed by atoms with van der Waals surface area (Å²) in [5, 5.41) is 3.58. The number of nitrogens with one attached hydrogen (secondary N) is 1. The van der Waals surface area contributed by atoms with Crippen molar-refractivity contribution in [3.63, 3.8) is 0 Å². The molecule has 0 saturated heterocycles. The summed E-state index contributed by atoms with van der Waals surface area (Å²) in [4.78, 5) is 0. The van der Waals surface area contributed by atoms with E-state index in [1.165, 1.54) is 37.7 Å². The van der Waals surface area contributed by atoms with Gasteiger partial charge in [-0.05, 0) is 80.8 Å². The van der Waals surface area contributed by atoms with Crippen LogP contribution in [0.25, 0.3) is 0 Å². The molecule has 0 radical (unpaired) electrons. The molecule has 112 valence electrons. The monoisotopic (exact) mass is 277 g/mol. The van der Waals surface area contributed by atoms with Crippen LogP contribution < -0.4 is 5.32 Å². The van der Waals surface area contributed by atoms with Gasteiger partial charge in [0.1, 0.15) is 5.82 Å². The maximum absolute atomic E-state index is 13.2. The Morgan fingerprint density at radius 1 is 1.20 bits per heavy atom. The number of hydrogen-bond donors (Lipinski definition) is 1. The summed E-state index contributed by atoms with van der Waals surface area (Å²) in [6.45, 7) is 6.52. The first-order valence-corrected chi connectivity index (χ1v) is 8.16. The van der Waals surface area contributed by atoms with E-state index >= 15 is 0 Å². The third kappa shape index (κ3) is 4.31. The first kappa shape index (κ1) is 15.5. The van der Waals surface area contributed by atoms with Crippen LogP contribution in [-0.4, -0.2) is 13.1 Å². The highest BCUT2D eigenvalue weighted by Gasteiger charge is 2.25. The fraction of sp³-hybridized carbons (Fsp3) is 0.667. The molecular formula is C18H28FN. The molecule has 0 aliphatic heterocycles. The zero-order chi connectivity index (χ0) is 14.4. The minimum Gasteiger partial charge on any atom is -0.316 e. The van der Waals surface area contributed by atoms with E-state index in [4.69, 9.17) is 0 Å². The van der Waals surface area contributed by atoms with Gasteiger partial charge in [-0.1, -0.05) is 25.8 Å². The van der Waals surface area contributed by atoms with Crippen molar-refractivity contribution in [3.05, 3.63) is 35.1 Å². The van der Waals surface area contributed by atoms with Gasteiger partial charge in [-0.15, -0.1) is 0 Å². The van der Waals surface area contributed by atoms with Gasteiger partial charge >= 0.3 is 0 Å². The SMILES string of the molecule is CCCNCC1CCCCC1Cc1ccc(F)cc1C. The Morgan fingerprint density at radius 3 is 2.65 bits per heavy atom. The smallest absolute Gasteiger partial charge is 0.123 e. The van der Waals surface area contributed by atoms with Crippen LogP contribution in [0.1, 0.15) is 50.2 Å². The maximum atomic E-state index is 13.2. The van der Waals surface area contributed by atoms with Crippen LogP contribution >= 0.6 is 0 Å². The van der Waals surface area contributed by atoms with Gasteiger partial charge in [-0.25, -0.2) is 4.39 Å². The number of benzene rings is 1. The van der Waals surface area contributed by atoms with Gasteiger partial charge in [0, 0.05) is 0 Å². The predicted molar refractivity (Wildman–Crippen MR) is 83.4 cm³/mol. The molecule has 0 heterocycles. The Morgan fingerprint density at radius 2 is 1.95 bits per heavy atom. The van der Waals surface area contributed by atoms with Crippen LogP contribution in [0.3, 0.4) is 0 Å². The third-order valence-electron chi connectivity index (χ3n) is 4.69. The Bertz CT molecular complexity index is 416. The molecule has 20 heavy (non-hydrogen) atoms. The van der Waals surface area contributed by atoms with Crippen LogP contribution in [0, 0.1) is 24.6 Å². The van der Waals surface area contributed by atoms with E-state index < -0.39 is 0 Å². The number of hydrogen-bond acceptors (Lipinski definition) is 1. The van der Waals surface area contributed by atoms with Crippen molar-refractivity contribution >= 4 is 0 Å². The van der Waals surface area contributed by atoms with Gasteiger partial charge in [0.05, 0.1) is 0 Å². The molecular weight excluding hydrogens is 249 g/mol. The van der Waals surface area contributed by atoms with Gasteiger partial charge in [0.15, 0.2) is 0 Å². The zero-order valence-electron chi connectivity index (χ0n) is 12.9. The second-order valence-corrected chi connectivity index (χ2v) is 6.28. The topological polar surface area (TPSA) is 12.0 Å². The highest BCUT2D eigenvalue weighted by Crippen LogP contribution is 2.33. The molecule has 1 N–H and O–H groups in total. The molecule has 0 amide bonds. The lowest BCUT2D eigenvalue weighted by molar-refractivity contribution is 0.228. The number of rotatable bonds is 6. The zero-order valence-corrected chi connectivity index (χ0v) is 12.9. The van der Waals surface area contributed by atoms with Gasteiger partial charge in [0.2, 0.25) is 0 Å². The Labute approximate surface area is 123 Å². The van der Waals surface area contributed by atoms with E-state index in [-0.39, 0.29) is 5.82 Å². The van der Waals surface area contributed by atoms with Crippen molar-refractivity contribution in [1.29, 1.82) is 0 Å². The Hall–Kier alpha value is -0.890. The molecule has 0 spiro atoms. The van der Waals surface area contributed by atoms with Crippen molar-refractivity contribution in [2.75, 3.05) is 13.1 Å². The first-order valence-electron chi connectivity index (χ1n) is 8.16. The molecule has 2 rings (SSSR count). The number of aryl methyl sites for hydroxylation is 1. The summed E-state index contributed by atoms with van der Waals surface area (Å²) in [5.74, 6) is 1.44. The minimum absolute atomic E-state index is 0.115. The first-order chi connectivity index (χ1) is 9.70. The molecule has 1 nitrogen and oxygen atoms in total. The lowest BCUT2D eigenvalue weighted by atomic mass is 9.75. The van der Waals surface area contributed by atoms with Crippen molar-refractivity contribution in [2.24, 2.45) is 11.8 Å². The van der Waals surface area contributed by atoms with Crippen molar-refractivity contribution in [3.8, 4) is 0 Å². The molecule has 0 bridgehead atoms. The van der Waals surface area contributed by atoms with E-state index in [1.807, 2.05) is 13.0 Å². The standard InChI is InChI=1S/C18H28FN/c1-3-10-20-13-17-7-5-4-6-16(17)12-15-8-9-18(19)11-14(15)2/h8-9,11,16-17,20H,3-7,10,12-13H2,1-2H3. The third-order valence-corrected chi connectivity index (χ3v) is 4.69.